The highest BCUT2D eigenvalue weighted by atomic mass is 35.5. The Morgan fingerprint density at radius 3 is 2.46 bits per heavy atom. The Morgan fingerprint density at radius 2 is 1.92 bits per heavy atom. The molecule has 2 N–H and O–H groups in total. The number of carbonyl (C=O) groups excluding carboxylic acids is 1. The van der Waals surface area contributed by atoms with Gasteiger partial charge in [0.25, 0.3) is 0 Å². The van der Waals surface area contributed by atoms with Crippen LogP contribution in [0.5, 0.6) is 0 Å². The molecule has 1 fully saturated rings. The van der Waals surface area contributed by atoms with E-state index in [4.69, 9.17) is 26.6 Å². The zero-order valence-electron chi connectivity index (χ0n) is 14.6. The van der Waals surface area contributed by atoms with Gasteiger partial charge in [-0.2, -0.15) is 0 Å². The number of hydrogen-bond donors (Lipinski definition) is 1. The summed E-state index contributed by atoms with van der Waals surface area (Å²) in [6.45, 7) is 9.45. The van der Waals surface area contributed by atoms with Crippen molar-refractivity contribution in [3.63, 3.8) is 0 Å². The van der Waals surface area contributed by atoms with Gasteiger partial charge < -0.3 is 15.0 Å². The van der Waals surface area contributed by atoms with Crippen LogP contribution in [0.15, 0.2) is 17.6 Å². The predicted molar refractivity (Wildman–Crippen MR) is 101 cm³/mol. The Morgan fingerprint density at radius 1 is 1.33 bits per heavy atom. The Hall–Kier alpha value is -1.02. The summed E-state index contributed by atoms with van der Waals surface area (Å²) in [7, 11) is -0.568. The van der Waals surface area contributed by atoms with Crippen molar-refractivity contribution >= 4 is 47.4 Å². The van der Waals surface area contributed by atoms with Crippen molar-refractivity contribution in [1.82, 2.24) is 4.98 Å². The Labute approximate surface area is 152 Å². The monoisotopic (exact) mass is 368 g/mol. The van der Waals surface area contributed by atoms with E-state index in [1.165, 1.54) is 18.7 Å². The second-order valence-corrected chi connectivity index (χ2v) is 8.24. The van der Waals surface area contributed by atoms with Gasteiger partial charge in [-0.1, -0.05) is 23.4 Å². The summed E-state index contributed by atoms with van der Waals surface area (Å²) in [6.07, 6.45) is 1.79. The fourth-order valence-corrected chi connectivity index (χ4v) is 2.85. The average Bonchev–Trinajstić information content (AvgIpc) is 2.66. The van der Waals surface area contributed by atoms with Gasteiger partial charge in [0.05, 0.1) is 22.6 Å². The molecular formula is C16H22BClN2O3S. The van der Waals surface area contributed by atoms with E-state index in [9.17, 15) is 4.79 Å². The molecule has 1 aromatic heterocycles. The van der Waals surface area contributed by atoms with E-state index in [-0.39, 0.29) is 5.12 Å². The number of carbonyl (C=O) groups is 1. The minimum Gasteiger partial charge on any atom is -0.400 e. The van der Waals surface area contributed by atoms with Crippen molar-refractivity contribution in [2.24, 2.45) is 0 Å². The second kappa shape index (κ2) is 7.08. The molecule has 0 saturated carbocycles. The van der Waals surface area contributed by atoms with Crippen molar-refractivity contribution in [3.05, 3.63) is 28.5 Å². The highest BCUT2D eigenvalue weighted by Crippen LogP contribution is 2.39. The molecule has 130 valence electrons. The molecule has 24 heavy (non-hydrogen) atoms. The first kappa shape index (κ1) is 19.3. The van der Waals surface area contributed by atoms with Crippen LogP contribution in [-0.4, -0.2) is 34.2 Å². The third-order valence-corrected chi connectivity index (χ3v) is 5.34. The molecule has 0 atom stereocenters. The number of rotatable bonds is 4. The summed E-state index contributed by atoms with van der Waals surface area (Å²) in [4.78, 5) is 15.6. The first-order chi connectivity index (χ1) is 11.0. The largest absolute Gasteiger partial charge is 0.491 e. The van der Waals surface area contributed by atoms with Crippen molar-refractivity contribution in [2.75, 3.05) is 11.5 Å². The first-order valence-corrected chi connectivity index (χ1v) is 9.00. The topological polar surface area (TPSA) is 74.4 Å². The van der Waals surface area contributed by atoms with Crippen molar-refractivity contribution in [1.29, 1.82) is 0 Å². The number of pyridine rings is 1. The van der Waals surface area contributed by atoms with Gasteiger partial charge in [0, 0.05) is 12.7 Å². The van der Waals surface area contributed by atoms with E-state index < -0.39 is 18.3 Å². The van der Waals surface area contributed by atoms with Gasteiger partial charge in [-0.15, -0.1) is 0 Å². The minimum atomic E-state index is -0.568. The lowest BCUT2D eigenvalue weighted by Gasteiger charge is -2.32. The molecule has 8 heteroatoms. The number of hydrogen-bond acceptors (Lipinski definition) is 6. The summed E-state index contributed by atoms with van der Waals surface area (Å²) in [5.41, 5.74) is 6.87. The van der Waals surface area contributed by atoms with E-state index >= 15 is 0 Å². The van der Waals surface area contributed by atoms with E-state index in [1.807, 2.05) is 27.7 Å². The number of nitrogens with two attached hydrogens (primary N) is 1. The number of nitrogens with zero attached hydrogens (tertiary/aromatic N) is 1. The van der Waals surface area contributed by atoms with Gasteiger partial charge in [-0.3, -0.25) is 4.79 Å². The zero-order chi connectivity index (χ0) is 18.1. The standard InChI is InChI=1S/C16H22BClN2O3S/c1-10(21)24-9-11(8-13-12(19)6-7-14(18)20-13)17-22-15(2,3)16(4,5)23-17/h6-8H,9,19H2,1-5H3. The number of nitrogen functional groups attached to an aromatic ring is 1. The lowest BCUT2D eigenvalue weighted by molar-refractivity contribution is -0.109. The van der Waals surface area contributed by atoms with E-state index in [1.54, 1.807) is 18.2 Å². The predicted octanol–water partition coefficient (Wildman–Crippen LogP) is 3.61. The fraction of sp³-hybridized carbons (Fsp3) is 0.500. The molecule has 1 aliphatic rings. The van der Waals surface area contributed by atoms with Crippen LogP contribution >= 0.6 is 23.4 Å². The van der Waals surface area contributed by atoms with E-state index in [2.05, 4.69) is 4.98 Å². The molecule has 2 heterocycles. The number of halogens is 1. The molecule has 1 aromatic rings. The Balaban J connectivity index is 2.37. The molecule has 1 saturated heterocycles. The Kier molecular flexibility index (Phi) is 5.70. The van der Waals surface area contributed by atoms with Gasteiger partial charge in [0.2, 0.25) is 0 Å². The number of anilines is 1. The third kappa shape index (κ3) is 4.33. The lowest BCUT2D eigenvalue weighted by Crippen LogP contribution is -2.41. The van der Waals surface area contributed by atoms with Crippen LogP contribution in [0.2, 0.25) is 5.15 Å². The van der Waals surface area contributed by atoms with Gasteiger partial charge in [-0.05, 0) is 51.4 Å². The fourth-order valence-electron chi connectivity index (χ4n) is 2.11. The molecule has 0 aliphatic carbocycles. The quantitative estimate of drug-likeness (QED) is 0.646. The highest BCUT2D eigenvalue weighted by molar-refractivity contribution is 8.13. The second-order valence-electron chi connectivity index (χ2n) is 6.70. The van der Waals surface area contributed by atoms with Crippen molar-refractivity contribution in [3.8, 4) is 0 Å². The van der Waals surface area contributed by atoms with Crippen LogP contribution in [0.4, 0.5) is 5.69 Å². The normalized spacial score (nSPS) is 19.6. The lowest BCUT2D eigenvalue weighted by atomic mass is 9.78. The van der Waals surface area contributed by atoms with E-state index in [0.29, 0.717) is 22.3 Å². The van der Waals surface area contributed by atoms with E-state index in [0.717, 1.165) is 5.47 Å². The van der Waals surface area contributed by atoms with Crippen molar-refractivity contribution in [2.45, 2.75) is 45.8 Å². The maximum atomic E-state index is 11.4. The van der Waals surface area contributed by atoms with Crippen LogP contribution in [0.1, 0.15) is 40.3 Å². The summed E-state index contributed by atoms with van der Waals surface area (Å²) in [5, 5.41) is 0.368. The van der Waals surface area contributed by atoms with Gasteiger partial charge in [0.1, 0.15) is 5.15 Å². The highest BCUT2D eigenvalue weighted by Gasteiger charge is 2.52. The molecule has 0 aromatic carbocycles. The first-order valence-electron chi connectivity index (χ1n) is 7.63. The smallest absolute Gasteiger partial charge is 0.400 e. The molecule has 5 nitrogen and oxygen atoms in total. The maximum absolute atomic E-state index is 11.4. The molecule has 0 amide bonds. The summed E-state index contributed by atoms with van der Waals surface area (Å²) in [6, 6.07) is 3.33. The van der Waals surface area contributed by atoms with Crippen LogP contribution in [0.3, 0.4) is 0 Å². The average molecular weight is 369 g/mol. The minimum absolute atomic E-state index is 0.0180. The molecule has 2 rings (SSSR count). The van der Waals surface area contributed by atoms with Crippen LogP contribution in [-0.2, 0) is 14.1 Å². The third-order valence-electron chi connectivity index (χ3n) is 4.24. The Bertz CT molecular complexity index is 663. The molecule has 1 aliphatic heterocycles. The molecule has 0 unspecified atom stereocenters. The molecular weight excluding hydrogens is 347 g/mol. The number of thioether (sulfide) groups is 1. The van der Waals surface area contributed by atoms with Gasteiger partial charge in [0.15, 0.2) is 5.12 Å². The molecule has 0 spiro atoms. The molecule has 0 radical (unpaired) electrons. The summed E-state index contributed by atoms with van der Waals surface area (Å²) in [5.74, 6) is 0.430. The van der Waals surface area contributed by atoms with Crippen LogP contribution in [0.25, 0.3) is 6.08 Å². The molecule has 0 bridgehead atoms. The van der Waals surface area contributed by atoms with Crippen LogP contribution in [0, 0.1) is 0 Å². The van der Waals surface area contributed by atoms with Crippen molar-refractivity contribution < 1.29 is 14.1 Å². The summed E-state index contributed by atoms with van der Waals surface area (Å²) < 4.78 is 12.2. The zero-order valence-corrected chi connectivity index (χ0v) is 16.1. The summed E-state index contributed by atoms with van der Waals surface area (Å²) >= 11 is 7.15. The van der Waals surface area contributed by atoms with Gasteiger partial charge in [-0.25, -0.2) is 4.98 Å². The maximum Gasteiger partial charge on any atom is 0.491 e. The SMILES string of the molecule is CC(=O)SCC(=Cc1nc(Cl)ccc1N)B1OC(C)(C)C(C)(C)O1. The number of aromatic nitrogens is 1. The van der Waals surface area contributed by atoms with Crippen LogP contribution < -0.4 is 5.73 Å². The van der Waals surface area contributed by atoms with Gasteiger partial charge >= 0.3 is 7.12 Å².